The Bertz CT molecular complexity index is 1340. The van der Waals surface area contributed by atoms with E-state index in [2.05, 4.69) is 34.5 Å². The third-order valence-electron chi connectivity index (χ3n) is 6.16. The van der Waals surface area contributed by atoms with Gasteiger partial charge < -0.3 is 15.0 Å². The number of amides is 2. The van der Waals surface area contributed by atoms with E-state index in [1.807, 2.05) is 48.5 Å². The Labute approximate surface area is 216 Å². The first-order chi connectivity index (χ1) is 18.0. The number of aromatic nitrogens is 4. The van der Waals surface area contributed by atoms with Crippen LogP contribution in [0.2, 0.25) is 0 Å². The molecule has 2 aromatic carbocycles. The lowest BCUT2D eigenvalue weighted by molar-refractivity contribution is -0.142. The summed E-state index contributed by atoms with van der Waals surface area (Å²) in [7, 11) is 1.59. The number of ether oxygens (including phenoxy) is 1. The molecule has 0 unspecified atom stereocenters. The summed E-state index contributed by atoms with van der Waals surface area (Å²) < 4.78 is 7.11. The van der Waals surface area contributed by atoms with Crippen molar-refractivity contribution < 1.29 is 14.3 Å². The normalized spacial score (nSPS) is 11.9. The minimum Gasteiger partial charge on any atom is -0.496 e. The molecule has 4 aromatic rings. The number of nitrogens with zero attached hydrogens (tertiary/aromatic N) is 5. The van der Waals surface area contributed by atoms with Gasteiger partial charge in [-0.15, -0.1) is 5.10 Å². The molecular weight excluding hydrogens is 468 g/mol. The van der Waals surface area contributed by atoms with Gasteiger partial charge in [0.2, 0.25) is 11.8 Å². The summed E-state index contributed by atoms with van der Waals surface area (Å²) in [6.07, 6.45) is 4.08. The van der Waals surface area contributed by atoms with Gasteiger partial charge in [-0.3, -0.25) is 14.6 Å². The molecule has 0 spiro atoms. The molecule has 1 N–H and O–H groups in total. The fraction of sp³-hybridized carbons (Fsp3) is 0.321. The highest BCUT2D eigenvalue weighted by atomic mass is 16.5. The number of pyridine rings is 1. The first-order valence-corrected chi connectivity index (χ1v) is 12.3. The van der Waals surface area contributed by atoms with E-state index in [4.69, 9.17) is 4.74 Å². The highest BCUT2D eigenvalue weighted by Crippen LogP contribution is 2.27. The summed E-state index contributed by atoms with van der Waals surface area (Å²) in [6, 6.07) is 17.6. The number of hydrogen-bond acceptors (Lipinski definition) is 6. The molecule has 0 bridgehead atoms. The van der Waals surface area contributed by atoms with Gasteiger partial charge in [0.1, 0.15) is 23.9 Å². The van der Waals surface area contributed by atoms with Crippen LogP contribution in [0, 0.1) is 5.92 Å². The summed E-state index contributed by atoms with van der Waals surface area (Å²) in [5, 5.41) is 11.4. The maximum Gasteiger partial charge on any atom is 0.247 e. The zero-order valence-corrected chi connectivity index (χ0v) is 21.4. The Hall–Kier alpha value is -4.27. The number of carbonyl (C=O) groups is 2. The van der Waals surface area contributed by atoms with Gasteiger partial charge in [-0.25, -0.2) is 4.68 Å². The van der Waals surface area contributed by atoms with Gasteiger partial charge in [0.25, 0.3) is 0 Å². The molecule has 0 radical (unpaired) electrons. The first-order valence-electron chi connectivity index (χ1n) is 12.3. The monoisotopic (exact) mass is 500 g/mol. The van der Waals surface area contributed by atoms with Gasteiger partial charge in [0, 0.05) is 24.5 Å². The van der Waals surface area contributed by atoms with Crippen LogP contribution in [0.5, 0.6) is 5.75 Å². The number of benzene rings is 2. The smallest absolute Gasteiger partial charge is 0.247 e. The van der Waals surface area contributed by atoms with Gasteiger partial charge in [-0.1, -0.05) is 49.4 Å². The van der Waals surface area contributed by atoms with E-state index in [1.165, 1.54) is 0 Å². The molecule has 0 fully saturated rings. The second kappa shape index (κ2) is 12.1. The van der Waals surface area contributed by atoms with E-state index >= 15 is 0 Å². The van der Waals surface area contributed by atoms with E-state index in [0.717, 1.165) is 17.5 Å². The number of hydrogen-bond donors (Lipinski definition) is 1. The molecule has 0 saturated heterocycles. The topological polar surface area (TPSA) is 102 Å². The van der Waals surface area contributed by atoms with Gasteiger partial charge in [-0.2, -0.15) is 0 Å². The summed E-state index contributed by atoms with van der Waals surface area (Å²) in [5.74, 6) is 0.549. The van der Waals surface area contributed by atoms with Crippen molar-refractivity contribution >= 4 is 22.8 Å². The zero-order chi connectivity index (χ0) is 26.2. The molecular formula is C28H32N6O3. The van der Waals surface area contributed by atoms with Crippen molar-refractivity contribution in [2.45, 2.75) is 39.4 Å². The molecule has 0 aliphatic heterocycles. The Balaban J connectivity index is 1.72. The van der Waals surface area contributed by atoms with Crippen LogP contribution in [0.4, 0.5) is 0 Å². The summed E-state index contributed by atoms with van der Waals surface area (Å²) in [6.45, 7) is 4.82. The molecule has 9 heteroatoms. The molecule has 4 rings (SSSR count). The molecule has 2 heterocycles. The molecule has 0 saturated carbocycles. The highest BCUT2D eigenvalue weighted by molar-refractivity contribution is 5.89. The average Bonchev–Trinajstić information content (AvgIpc) is 3.31. The lowest BCUT2D eigenvalue weighted by atomic mass is 10.0. The maximum atomic E-state index is 14.0. The van der Waals surface area contributed by atoms with Crippen LogP contribution < -0.4 is 10.1 Å². The quantitative estimate of drug-likeness (QED) is 0.336. The van der Waals surface area contributed by atoms with Gasteiger partial charge >= 0.3 is 0 Å². The minimum absolute atomic E-state index is 0.0729. The standard InChI is InChI=1S/C28H32N6O3/c1-20(2)12-17-30-28(36)27(21-13-15-29-16-14-21)33(18-22-8-4-7-11-25(22)37-3)26(35)19-34-24-10-6-5-9-23(24)31-32-34/h4-11,13-16,20,27H,12,17-19H2,1-3H3,(H,30,36)/t27-/m0/s1. The van der Waals surface area contributed by atoms with Crippen LogP contribution in [0.25, 0.3) is 11.0 Å². The molecule has 2 aromatic heterocycles. The van der Waals surface area contributed by atoms with Crippen molar-refractivity contribution in [3.05, 3.63) is 84.2 Å². The van der Waals surface area contributed by atoms with E-state index in [1.54, 1.807) is 41.2 Å². The Morgan fingerprint density at radius 1 is 1.03 bits per heavy atom. The third kappa shape index (κ3) is 6.30. The summed E-state index contributed by atoms with van der Waals surface area (Å²) in [4.78, 5) is 33.3. The van der Waals surface area contributed by atoms with Crippen LogP contribution in [-0.4, -0.2) is 50.3 Å². The number of nitrogens with one attached hydrogen (secondary N) is 1. The van der Waals surface area contributed by atoms with E-state index in [0.29, 0.717) is 29.3 Å². The molecule has 0 aliphatic carbocycles. The van der Waals surface area contributed by atoms with Gasteiger partial charge in [0.05, 0.1) is 19.2 Å². The van der Waals surface area contributed by atoms with E-state index in [-0.39, 0.29) is 24.9 Å². The van der Waals surface area contributed by atoms with Crippen LogP contribution in [0.1, 0.15) is 37.4 Å². The van der Waals surface area contributed by atoms with Crippen LogP contribution in [0.3, 0.4) is 0 Å². The number of rotatable bonds is 11. The Kier molecular flexibility index (Phi) is 8.45. The predicted molar refractivity (Wildman–Crippen MR) is 141 cm³/mol. The van der Waals surface area contributed by atoms with E-state index in [9.17, 15) is 9.59 Å². The lowest BCUT2D eigenvalue weighted by Gasteiger charge is -2.32. The average molecular weight is 501 g/mol. The molecule has 2 amide bonds. The molecule has 37 heavy (non-hydrogen) atoms. The van der Waals surface area contributed by atoms with Crippen molar-refractivity contribution in [3.63, 3.8) is 0 Å². The van der Waals surface area contributed by atoms with E-state index < -0.39 is 6.04 Å². The number of methoxy groups -OCH3 is 1. The molecule has 192 valence electrons. The Morgan fingerprint density at radius 3 is 2.51 bits per heavy atom. The predicted octanol–water partition coefficient (Wildman–Crippen LogP) is 3.77. The fourth-order valence-electron chi connectivity index (χ4n) is 4.19. The fourth-order valence-corrected chi connectivity index (χ4v) is 4.19. The van der Waals surface area contributed by atoms with Crippen LogP contribution in [0.15, 0.2) is 73.1 Å². The van der Waals surface area contributed by atoms with Crippen molar-refractivity contribution in [1.29, 1.82) is 0 Å². The van der Waals surface area contributed by atoms with Gasteiger partial charge in [-0.05, 0) is 48.2 Å². The molecule has 9 nitrogen and oxygen atoms in total. The van der Waals surface area contributed by atoms with Crippen molar-refractivity contribution in [3.8, 4) is 5.75 Å². The maximum absolute atomic E-state index is 14.0. The van der Waals surface area contributed by atoms with Crippen LogP contribution in [-0.2, 0) is 22.7 Å². The summed E-state index contributed by atoms with van der Waals surface area (Å²) in [5.41, 5.74) is 2.90. The second-order valence-electron chi connectivity index (χ2n) is 9.23. The number of para-hydroxylation sites is 2. The lowest BCUT2D eigenvalue weighted by Crippen LogP contribution is -2.45. The minimum atomic E-state index is -0.873. The highest BCUT2D eigenvalue weighted by Gasteiger charge is 2.32. The Morgan fingerprint density at radius 2 is 1.76 bits per heavy atom. The van der Waals surface area contributed by atoms with Crippen molar-refractivity contribution in [2.75, 3.05) is 13.7 Å². The summed E-state index contributed by atoms with van der Waals surface area (Å²) >= 11 is 0. The third-order valence-corrected chi connectivity index (χ3v) is 6.16. The molecule has 1 atom stereocenters. The van der Waals surface area contributed by atoms with Crippen LogP contribution >= 0.6 is 0 Å². The van der Waals surface area contributed by atoms with Gasteiger partial charge in [0.15, 0.2) is 0 Å². The number of fused-ring (bicyclic) bond motifs is 1. The van der Waals surface area contributed by atoms with Crippen molar-refractivity contribution in [2.24, 2.45) is 5.92 Å². The number of carbonyl (C=O) groups excluding carboxylic acids is 2. The first kappa shape index (κ1) is 25.8. The SMILES string of the molecule is COc1ccccc1CN(C(=O)Cn1nnc2ccccc21)[C@H](C(=O)NCCC(C)C)c1ccncc1. The second-order valence-corrected chi connectivity index (χ2v) is 9.23. The largest absolute Gasteiger partial charge is 0.496 e. The zero-order valence-electron chi connectivity index (χ0n) is 21.4. The van der Waals surface area contributed by atoms with Crippen molar-refractivity contribution in [1.82, 2.24) is 30.2 Å². The molecule has 0 aliphatic rings.